The Bertz CT molecular complexity index is 726. The Hall–Kier alpha value is -1.55. The van der Waals surface area contributed by atoms with Crippen LogP contribution in [0.4, 0.5) is 0 Å². The first-order chi connectivity index (χ1) is 15.1. The Labute approximate surface area is 210 Å². The van der Waals surface area contributed by atoms with Crippen LogP contribution in [-0.2, 0) is 11.3 Å². The number of carbonyl (C=O) groups is 1. The van der Waals surface area contributed by atoms with Crippen molar-refractivity contribution in [3.05, 3.63) is 29.8 Å². The molecule has 1 aromatic carbocycles. The van der Waals surface area contributed by atoms with E-state index in [9.17, 15) is 4.79 Å². The van der Waals surface area contributed by atoms with E-state index in [1.165, 1.54) is 25.8 Å². The molecule has 1 saturated heterocycles. The third-order valence-electron chi connectivity index (χ3n) is 5.83. The minimum absolute atomic E-state index is 0. The van der Waals surface area contributed by atoms with Crippen molar-refractivity contribution >= 4 is 35.8 Å². The van der Waals surface area contributed by atoms with Crippen molar-refractivity contribution in [3.8, 4) is 5.75 Å². The van der Waals surface area contributed by atoms with E-state index in [0.717, 1.165) is 50.4 Å². The van der Waals surface area contributed by atoms with E-state index < -0.39 is 0 Å². The number of nitrogens with zero attached hydrogens (tertiary/aromatic N) is 2. The number of guanidine groups is 1. The van der Waals surface area contributed by atoms with Crippen molar-refractivity contribution in [1.82, 2.24) is 20.9 Å². The van der Waals surface area contributed by atoms with Crippen LogP contribution in [0.3, 0.4) is 0 Å². The van der Waals surface area contributed by atoms with E-state index in [4.69, 9.17) is 9.73 Å². The zero-order valence-electron chi connectivity index (χ0n) is 19.6. The highest BCUT2D eigenvalue weighted by Gasteiger charge is 2.23. The monoisotopic (exact) mass is 557 g/mol. The van der Waals surface area contributed by atoms with E-state index in [2.05, 4.69) is 34.7 Å². The van der Waals surface area contributed by atoms with Crippen molar-refractivity contribution in [2.75, 3.05) is 32.8 Å². The van der Waals surface area contributed by atoms with Crippen molar-refractivity contribution in [1.29, 1.82) is 0 Å². The number of halogens is 1. The fourth-order valence-corrected chi connectivity index (χ4v) is 3.87. The van der Waals surface area contributed by atoms with Crippen LogP contribution in [0, 0.1) is 0 Å². The van der Waals surface area contributed by atoms with Gasteiger partial charge in [-0.3, -0.25) is 4.79 Å². The van der Waals surface area contributed by atoms with Crippen molar-refractivity contribution in [2.24, 2.45) is 4.99 Å². The van der Waals surface area contributed by atoms with Crippen LogP contribution < -0.4 is 20.7 Å². The molecule has 1 unspecified atom stereocenters. The predicted molar refractivity (Wildman–Crippen MR) is 141 cm³/mol. The first-order valence-electron chi connectivity index (χ1n) is 11.9. The summed E-state index contributed by atoms with van der Waals surface area (Å²) in [6, 6.07) is 8.88. The van der Waals surface area contributed by atoms with Gasteiger partial charge in [0.05, 0.1) is 6.54 Å². The molecular weight excluding hydrogens is 517 g/mol. The lowest BCUT2D eigenvalue weighted by Crippen LogP contribution is -2.41. The molecule has 32 heavy (non-hydrogen) atoms. The summed E-state index contributed by atoms with van der Waals surface area (Å²) in [7, 11) is 0. The topological polar surface area (TPSA) is 78.0 Å². The van der Waals surface area contributed by atoms with Crippen molar-refractivity contribution in [2.45, 2.75) is 71.0 Å². The Balaban J connectivity index is 0.00000363. The third kappa shape index (κ3) is 9.94. The Morgan fingerprint density at radius 1 is 1.22 bits per heavy atom. The van der Waals surface area contributed by atoms with Crippen LogP contribution in [0.5, 0.6) is 5.75 Å². The molecule has 3 N–H and O–H groups in total. The number of ether oxygens (including phenoxy) is 1. The minimum Gasteiger partial charge on any atom is -0.484 e. The summed E-state index contributed by atoms with van der Waals surface area (Å²) in [6.07, 6.45) is 7.30. The van der Waals surface area contributed by atoms with Gasteiger partial charge in [0, 0.05) is 31.7 Å². The summed E-state index contributed by atoms with van der Waals surface area (Å²) in [4.78, 5) is 19.1. The van der Waals surface area contributed by atoms with Gasteiger partial charge in [0.1, 0.15) is 5.75 Å². The van der Waals surface area contributed by atoms with E-state index in [1.807, 2.05) is 24.3 Å². The maximum Gasteiger partial charge on any atom is 0.258 e. The van der Waals surface area contributed by atoms with Gasteiger partial charge in [-0.2, -0.15) is 0 Å². The standard InChI is InChI=1S/C24H39N5O2.HI/c1-3-25-24(26-13-7-15-29-14-5-4-8-19(29)2)27-17-20-9-6-10-22(16-20)31-18-23(30)28-21-11-12-21;/h6,9-10,16,19,21H,3-5,7-8,11-15,17-18H2,1-2H3,(H,28,30)(H2,25,26,27);1H. The summed E-state index contributed by atoms with van der Waals surface area (Å²) in [5, 5.41) is 9.71. The summed E-state index contributed by atoms with van der Waals surface area (Å²) in [5.41, 5.74) is 1.06. The molecule has 2 aliphatic rings. The van der Waals surface area contributed by atoms with Gasteiger partial charge >= 0.3 is 0 Å². The van der Waals surface area contributed by atoms with Gasteiger partial charge in [-0.05, 0) is 70.2 Å². The SMILES string of the molecule is CCNC(=NCc1cccc(OCC(=O)NC2CC2)c1)NCCCN1CCCCC1C.I. The van der Waals surface area contributed by atoms with Gasteiger partial charge in [-0.15, -0.1) is 24.0 Å². The van der Waals surface area contributed by atoms with Crippen LogP contribution >= 0.6 is 24.0 Å². The summed E-state index contributed by atoms with van der Waals surface area (Å²) < 4.78 is 5.64. The molecule has 2 fully saturated rings. The lowest BCUT2D eigenvalue weighted by atomic mass is 10.0. The molecule has 1 atom stereocenters. The molecule has 1 aliphatic heterocycles. The van der Waals surface area contributed by atoms with E-state index >= 15 is 0 Å². The second-order valence-corrected chi connectivity index (χ2v) is 8.63. The zero-order chi connectivity index (χ0) is 21.9. The molecule has 1 heterocycles. The number of hydrogen-bond acceptors (Lipinski definition) is 4. The van der Waals surface area contributed by atoms with Gasteiger partial charge in [0.25, 0.3) is 5.91 Å². The molecule has 1 amide bonds. The second kappa shape index (κ2) is 14.6. The quantitative estimate of drug-likeness (QED) is 0.169. The molecule has 180 valence electrons. The lowest BCUT2D eigenvalue weighted by molar-refractivity contribution is -0.123. The lowest BCUT2D eigenvalue weighted by Gasteiger charge is -2.33. The van der Waals surface area contributed by atoms with Gasteiger partial charge in [-0.25, -0.2) is 4.99 Å². The van der Waals surface area contributed by atoms with Gasteiger partial charge in [0.15, 0.2) is 12.6 Å². The summed E-state index contributed by atoms with van der Waals surface area (Å²) >= 11 is 0. The second-order valence-electron chi connectivity index (χ2n) is 8.63. The van der Waals surface area contributed by atoms with Gasteiger partial charge in [-0.1, -0.05) is 18.6 Å². The molecule has 1 aromatic rings. The number of rotatable bonds is 11. The average Bonchev–Trinajstić information content (AvgIpc) is 3.59. The Morgan fingerprint density at radius 2 is 2.06 bits per heavy atom. The van der Waals surface area contributed by atoms with Gasteiger partial charge < -0.3 is 25.6 Å². The molecule has 0 spiro atoms. The Kier molecular flexibility index (Phi) is 12.2. The maximum absolute atomic E-state index is 11.8. The average molecular weight is 558 g/mol. The largest absolute Gasteiger partial charge is 0.484 e. The molecule has 1 saturated carbocycles. The van der Waals surface area contributed by atoms with Crippen LogP contribution in [0.1, 0.15) is 57.9 Å². The number of aliphatic imine (C=N–C) groups is 1. The molecule has 0 aromatic heterocycles. The first kappa shape index (κ1) is 26.7. The predicted octanol–water partition coefficient (Wildman–Crippen LogP) is 3.28. The van der Waals surface area contributed by atoms with Crippen LogP contribution in [0.15, 0.2) is 29.3 Å². The number of benzene rings is 1. The fourth-order valence-electron chi connectivity index (χ4n) is 3.87. The highest BCUT2D eigenvalue weighted by Crippen LogP contribution is 2.19. The van der Waals surface area contributed by atoms with Crippen molar-refractivity contribution < 1.29 is 9.53 Å². The highest BCUT2D eigenvalue weighted by atomic mass is 127. The molecular formula is C24H40IN5O2. The molecule has 0 bridgehead atoms. The van der Waals surface area contributed by atoms with E-state index in [0.29, 0.717) is 24.4 Å². The molecule has 8 heteroatoms. The number of carbonyl (C=O) groups excluding carboxylic acids is 1. The first-order valence-corrected chi connectivity index (χ1v) is 11.9. The minimum atomic E-state index is -0.0523. The number of hydrogen-bond donors (Lipinski definition) is 3. The number of piperidine rings is 1. The highest BCUT2D eigenvalue weighted by molar-refractivity contribution is 14.0. The van der Waals surface area contributed by atoms with Crippen LogP contribution in [0.25, 0.3) is 0 Å². The normalized spacial score (nSPS) is 19.1. The van der Waals surface area contributed by atoms with Crippen LogP contribution in [0.2, 0.25) is 0 Å². The third-order valence-corrected chi connectivity index (χ3v) is 5.83. The Morgan fingerprint density at radius 3 is 2.81 bits per heavy atom. The molecule has 0 radical (unpaired) electrons. The maximum atomic E-state index is 11.8. The zero-order valence-corrected chi connectivity index (χ0v) is 21.9. The number of nitrogens with one attached hydrogen (secondary N) is 3. The molecule has 1 aliphatic carbocycles. The smallest absolute Gasteiger partial charge is 0.258 e. The fraction of sp³-hybridized carbons (Fsp3) is 0.667. The number of amides is 1. The molecule has 7 nitrogen and oxygen atoms in total. The number of likely N-dealkylation sites (tertiary alicyclic amines) is 1. The van der Waals surface area contributed by atoms with E-state index in [-0.39, 0.29) is 36.5 Å². The van der Waals surface area contributed by atoms with E-state index in [1.54, 1.807) is 0 Å². The van der Waals surface area contributed by atoms with Crippen molar-refractivity contribution in [3.63, 3.8) is 0 Å². The van der Waals surface area contributed by atoms with Gasteiger partial charge in [0.2, 0.25) is 0 Å². The summed E-state index contributed by atoms with van der Waals surface area (Å²) in [5.74, 6) is 1.49. The summed E-state index contributed by atoms with van der Waals surface area (Å²) in [6.45, 7) is 9.15. The molecule has 3 rings (SSSR count). The van der Waals surface area contributed by atoms with Crippen LogP contribution in [-0.4, -0.2) is 61.6 Å².